The molecule has 0 atom stereocenters. The summed E-state index contributed by atoms with van der Waals surface area (Å²) in [4.78, 5) is 9.33. The minimum absolute atomic E-state index is 0.601. The van der Waals surface area contributed by atoms with Crippen LogP contribution in [0.2, 0.25) is 0 Å². The van der Waals surface area contributed by atoms with Crippen molar-refractivity contribution in [2.75, 3.05) is 31.1 Å². The highest BCUT2D eigenvalue weighted by Crippen LogP contribution is 2.17. The number of benzene rings is 2. The van der Waals surface area contributed by atoms with Crippen molar-refractivity contribution in [2.24, 2.45) is 0 Å². The maximum absolute atomic E-state index is 5.42. The zero-order chi connectivity index (χ0) is 17.1. The van der Waals surface area contributed by atoms with Crippen molar-refractivity contribution < 1.29 is 0 Å². The molecule has 6 heteroatoms. The maximum atomic E-state index is 5.42. The first-order valence-electron chi connectivity index (χ1n) is 8.54. The molecule has 1 fully saturated rings. The van der Waals surface area contributed by atoms with Gasteiger partial charge in [-0.15, -0.1) is 0 Å². The lowest BCUT2D eigenvalue weighted by molar-refractivity contribution is 0.194. The monoisotopic (exact) mass is 351 g/mol. The van der Waals surface area contributed by atoms with Gasteiger partial charge in [0.2, 0.25) is 4.77 Å². The molecule has 25 heavy (non-hydrogen) atoms. The van der Waals surface area contributed by atoms with Gasteiger partial charge in [-0.1, -0.05) is 48.5 Å². The zero-order valence-electron chi connectivity index (χ0n) is 14.0. The van der Waals surface area contributed by atoms with Gasteiger partial charge < -0.3 is 4.90 Å². The lowest BCUT2D eigenvalue weighted by Gasteiger charge is -2.35. The zero-order valence-corrected chi connectivity index (χ0v) is 14.8. The van der Waals surface area contributed by atoms with E-state index in [0.717, 1.165) is 44.2 Å². The van der Waals surface area contributed by atoms with Crippen LogP contribution in [0.4, 0.5) is 5.69 Å². The molecule has 0 bridgehead atoms. The first-order chi connectivity index (χ1) is 12.3. The van der Waals surface area contributed by atoms with Crippen LogP contribution in [0.25, 0.3) is 11.4 Å². The van der Waals surface area contributed by atoms with E-state index >= 15 is 0 Å². The Labute approximate surface area is 152 Å². The predicted molar refractivity (Wildman–Crippen MR) is 103 cm³/mol. The molecule has 3 aromatic rings. The van der Waals surface area contributed by atoms with E-state index in [-0.39, 0.29) is 0 Å². The summed E-state index contributed by atoms with van der Waals surface area (Å²) >= 11 is 5.42. The van der Waals surface area contributed by atoms with Gasteiger partial charge >= 0.3 is 0 Å². The second kappa shape index (κ2) is 7.21. The highest BCUT2D eigenvalue weighted by Gasteiger charge is 2.18. The minimum atomic E-state index is 0.601. The summed E-state index contributed by atoms with van der Waals surface area (Å²) in [6.07, 6.45) is 0. The molecule has 5 nitrogen and oxygen atoms in total. The Balaban J connectivity index is 1.41. The van der Waals surface area contributed by atoms with E-state index in [2.05, 4.69) is 50.2 Å². The molecule has 1 aliphatic rings. The summed E-state index contributed by atoms with van der Waals surface area (Å²) in [5, 5.41) is 3.33. The second-order valence-electron chi connectivity index (χ2n) is 6.23. The summed E-state index contributed by atoms with van der Waals surface area (Å²) in [5.41, 5.74) is 2.35. The number of nitrogens with one attached hydrogen (secondary N) is 1. The van der Waals surface area contributed by atoms with Gasteiger partial charge in [0.05, 0.1) is 6.67 Å². The molecule has 0 amide bonds. The molecule has 4 rings (SSSR count). The smallest absolute Gasteiger partial charge is 0.217 e. The van der Waals surface area contributed by atoms with Crippen LogP contribution in [0.3, 0.4) is 0 Å². The molecular weight excluding hydrogens is 330 g/mol. The third-order valence-electron chi connectivity index (χ3n) is 4.56. The van der Waals surface area contributed by atoms with Crippen LogP contribution >= 0.6 is 12.2 Å². The number of anilines is 1. The highest BCUT2D eigenvalue weighted by atomic mass is 32.1. The van der Waals surface area contributed by atoms with Crippen LogP contribution in [0.5, 0.6) is 0 Å². The third kappa shape index (κ3) is 3.65. The Morgan fingerprint density at radius 1 is 0.880 bits per heavy atom. The van der Waals surface area contributed by atoms with Crippen LogP contribution in [0.1, 0.15) is 0 Å². The largest absolute Gasteiger partial charge is 0.369 e. The number of aromatic nitrogens is 3. The third-order valence-corrected chi connectivity index (χ3v) is 4.87. The molecule has 2 aromatic carbocycles. The summed E-state index contributed by atoms with van der Waals surface area (Å²) in [5.74, 6) is 0.827. The highest BCUT2D eigenvalue weighted by molar-refractivity contribution is 7.71. The number of hydrogen-bond donors (Lipinski definition) is 1. The average molecular weight is 351 g/mol. The second-order valence-corrected chi connectivity index (χ2v) is 6.60. The molecule has 1 aliphatic heterocycles. The van der Waals surface area contributed by atoms with Crippen LogP contribution in [0, 0.1) is 4.77 Å². The molecule has 1 saturated heterocycles. The van der Waals surface area contributed by atoms with Gasteiger partial charge in [-0.3, -0.25) is 10.00 Å². The molecule has 0 aliphatic carbocycles. The predicted octanol–water partition coefficient (Wildman–Crippen LogP) is 3.39. The van der Waals surface area contributed by atoms with E-state index in [1.165, 1.54) is 5.69 Å². The summed E-state index contributed by atoms with van der Waals surface area (Å²) in [6.45, 7) is 4.82. The quantitative estimate of drug-likeness (QED) is 0.732. The van der Waals surface area contributed by atoms with E-state index < -0.39 is 0 Å². The molecule has 0 saturated carbocycles. The Bertz CT molecular complexity index is 864. The van der Waals surface area contributed by atoms with Crippen molar-refractivity contribution in [2.45, 2.75) is 6.67 Å². The fourth-order valence-electron chi connectivity index (χ4n) is 3.16. The molecule has 1 aromatic heterocycles. The van der Waals surface area contributed by atoms with E-state index in [9.17, 15) is 0 Å². The van der Waals surface area contributed by atoms with Gasteiger partial charge in [-0.25, -0.2) is 4.68 Å². The lowest BCUT2D eigenvalue weighted by atomic mass is 10.2. The topological polar surface area (TPSA) is 40.1 Å². The average Bonchev–Trinajstić information content (AvgIpc) is 3.04. The summed E-state index contributed by atoms with van der Waals surface area (Å²) in [7, 11) is 0. The van der Waals surface area contributed by atoms with Gasteiger partial charge in [-0.05, 0) is 24.4 Å². The Kier molecular flexibility index (Phi) is 4.63. The van der Waals surface area contributed by atoms with E-state index in [4.69, 9.17) is 12.2 Å². The van der Waals surface area contributed by atoms with Crippen LogP contribution in [-0.2, 0) is 6.67 Å². The Morgan fingerprint density at radius 2 is 1.52 bits per heavy atom. The lowest BCUT2D eigenvalue weighted by Crippen LogP contribution is -2.46. The van der Waals surface area contributed by atoms with E-state index in [1.54, 1.807) is 0 Å². The first-order valence-corrected chi connectivity index (χ1v) is 8.95. The van der Waals surface area contributed by atoms with Crippen LogP contribution in [-0.4, -0.2) is 45.8 Å². The molecule has 2 heterocycles. The molecule has 0 spiro atoms. The van der Waals surface area contributed by atoms with Crippen molar-refractivity contribution >= 4 is 17.9 Å². The van der Waals surface area contributed by atoms with Gasteiger partial charge in [0.15, 0.2) is 5.82 Å². The SMILES string of the molecule is S=c1nc(-c2ccccc2)[nH]n1CN1CCN(c2ccccc2)CC1. The van der Waals surface area contributed by atoms with Crippen LogP contribution in [0.15, 0.2) is 60.7 Å². The molecule has 0 radical (unpaired) electrons. The van der Waals surface area contributed by atoms with Crippen molar-refractivity contribution in [1.82, 2.24) is 19.7 Å². The maximum Gasteiger partial charge on any atom is 0.217 e. The fourth-order valence-corrected chi connectivity index (χ4v) is 3.36. The molecular formula is C19H21N5S. The number of nitrogens with zero attached hydrogens (tertiary/aromatic N) is 4. The Hall–Kier alpha value is -2.44. The van der Waals surface area contributed by atoms with E-state index in [1.807, 2.05) is 35.0 Å². The number of piperazine rings is 1. The van der Waals surface area contributed by atoms with Gasteiger partial charge in [0.25, 0.3) is 0 Å². The minimum Gasteiger partial charge on any atom is -0.369 e. The summed E-state index contributed by atoms with van der Waals surface area (Å²) in [6, 6.07) is 20.7. The number of H-pyrrole nitrogens is 1. The fraction of sp³-hybridized carbons (Fsp3) is 0.263. The Morgan fingerprint density at radius 3 is 2.20 bits per heavy atom. The van der Waals surface area contributed by atoms with Crippen molar-refractivity contribution in [3.05, 3.63) is 65.4 Å². The normalized spacial score (nSPS) is 15.4. The van der Waals surface area contributed by atoms with Crippen molar-refractivity contribution in [3.8, 4) is 11.4 Å². The number of hydrogen-bond acceptors (Lipinski definition) is 4. The van der Waals surface area contributed by atoms with Crippen LogP contribution < -0.4 is 4.90 Å². The molecule has 0 unspecified atom stereocenters. The first kappa shape index (κ1) is 16.1. The van der Waals surface area contributed by atoms with Crippen molar-refractivity contribution in [1.29, 1.82) is 0 Å². The molecule has 1 N–H and O–H groups in total. The van der Waals surface area contributed by atoms with Crippen molar-refractivity contribution in [3.63, 3.8) is 0 Å². The van der Waals surface area contributed by atoms with E-state index in [0.29, 0.717) is 4.77 Å². The number of aromatic amines is 1. The standard InChI is InChI=1S/C19H21N5S/c25-19-20-18(16-7-3-1-4-8-16)21-24(19)15-22-11-13-23(14-12-22)17-9-5-2-6-10-17/h1-10H,11-15H2,(H,20,21,25). The number of para-hydroxylation sites is 1. The summed E-state index contributed by atoms with van der Waals surface area (Å²) < 4.78 is 2.56. The van der Waals surface area contributed by atoms with Gasteiger partial charge in [0, 0.05) is 37.4 Å². The van der Waals surface area contributed by atoms with Gasteiger partial charge in [0.1, 0.15) is 0 Å². The number of rotatable bonds is 4. The van der Waals surface area contributed by atoms with Gasteiger partial charge in [-0.2, -0.15) is 4.98 Å². The molecule has 128 valence electrons.